The van der Waals surface area contributed by atoms with Crippen molar-refractivity contribution in [3.05, 3.63) is 0 Å². The fourth-order valence-corrected chi connectivity index (χ4v) is 5.60. The van der Waals surface area contributed by atoms with E-state index >= 15 is 0 Å². The maximum Gasteiger partial charge on any atom is 0.325 e. The van der Waals surface area contributed by atoms with Gasteiger partial charge in [-0.1, -0.05) is 160 Å². The van der Waals surface area contributed by atoms with Crippen molar-refractivity contribution < 1.29 is 14.4 Å². The highest BCUT2D eigenvalue weighted by Crippen LogP contribution is 2.35. The standard InChI is InChI=1S/C28H57O3PS2/c29-32(30,31)27-25-23-21-19-17-15-13-11-9-7-5-3-1-2-4-6-8-10-12-14-16-18-20-22-24-26-28(33)34/h1-27H2,(H,33,34)(H2,29,30,31). The van der Waals surface area contributed by atoms with Gasteiger partial charge in [-0.3, -0.25) is 4.57 Å². The first-order valence-electron chi connectivity index (χ1n) is 14.7. The second-order valence-corrected chi connectivity index (χ2v) is 13.5. The Morgan fingerprint density at radius 1 is 0.471 bits per heavy atom. The van der Waals surface area contributed by atoms with Crippen molar-refractivity contribution in [1.29, 1.82) is 0 Å². The van der Waals surface area contributed by atoms with Gasteiger partial charge < -0.3 is 9.79 Å². The molecule has 6 heteroatoms. The summed E-state index contributed by atoms with van der Waals surface area (Å²) in [6.45, 7) is 0. The molecule has 0 atom stereocenters. The molecule has 0 aromatic rings. The molecular formula is C28H57O3PS2. The first-order valence-corrected chi connectivity index (χ1v) is 17.3. The van der Waals surface area contributed by atoms with Crippen molar-refractivity contribution >= 4 is 36.6 Å². The zero-order valence-corrected chi connectivity index (χ0v) is 24.8. The molecule has 0 aliphatic rings. The Hall–Kier alpha value is 0.590. The Bertz CT molecular complexity index is 482. The lowest BCUT2D eigenvalue weighted by Crippen LogP contribution is -1.88. The van der Waals surface area contributed by atoms with E-state index in [1.54, 1.807) is 0 Å². The topological polar surface area (TPSA) is 57.5 Å². The summed E-state index contributed by atoms with van der Waals surface area (Å²) in [7, 11) is -3.77. The molecule has 0 saturated carbocycles. The molecule has 204 valence electrons. The lowest BCUT2D eigenvalue weighted by Gasteiger charge is -2.05. The number of thiol groups is 1. The summed E-state index contributed by atoms with van der Waals surface area (Å²) in [5.41, 5.74) is 0. The van der Waals surface area contributed by atoms with E-state index in [9.17, 15) is 4.57 Å². The van der Waals surface area contributed by atoms with Crippen LogP contribution in [0.15, 0.2) is 0 Å². The van der Waals surface area contributed by atoms with Crippen LogP contribution >= 0.6 is 32.4 Å². The number of hydrogen-bond acceptors (Lipinski definition) is 2. The van der Waals surface area contributed by atoms with E-state index in [-0.39, 0.29) is 6.16 Å². The van der Waals surface area contributed by atoms with E-state index in [2.05, 4.69) is 12.6 Å². The van der Waals surface area contributed by atoms with E-state index in [1.165, 1.54) is 141 Å². The summed E-state index contributed by atoms with van der Waals surface area (Å²) < 4.78 is 11.6. The molecule has 0 heterocycles. The molecule has 0 saturated heterocycles. The minimum Gasteiger partial charge on any atom is -0.324 e. The fraction of sp³-hybridized carbons (Fsp3) is 0.964. The molecule has 0 bridgehead atoms. The van der Waals surface area contributed by atoms with Gasteiger partial charge in [0.15, 0.2) is 0 Å². The zero-order chi connectivity index (χ0) is 25.2. The molecule has 0 amide bonds. The average molecular weight is 537 g/mol. The Morgan fingerprint density at radius 2 is 0.676 bits per heavy atom. The molecule has 0 fully saturated rings. The lowest BCUT2D eigenvalue weighted by atomic mass is 10.0. The normalized spacial score (nSPS) is 11.9. The molecule has 0 rings (SSSR count). The maximum absolute atomic E-state index is 10.8. The van der Waals surface area contributed by atoms with Gasteiger partial charge in [0, 0.05) is 10.4 Å². The second-order valence-electron chi connectivity index (χ2n) is 10.4. The van der Waals surface area contributed by atoms with Crippen LogP contribution in [0.1, 0.15) is 167 Å². The highest BCUT2D eigenvalue weighted by Gasteiger charge is 2.10. The molecule has 34 heavy (non-hydrogen) atoms. The van der Waals surface area contributed by atoms with Crippen molar-refractivity contribution in [1.82, 2.24) is 0 Å². The van der Waals surface area contributed by atoms with Crippen LogP contribution < -0.4 is 0 Å². The third-order valence-electron chi connectivity index (χ3n) is 6.84. The van der Waals surface area contributed by atoms with Crippen molar-refractivity contribution in [2.75, 3.05) is 6.16 Å². The van der Waals surface area contributed by atoms with Crippen LogP contribution in [-0.4, -0.2) is 20.1 Å². The molecule has 0 radical (unpaired) electrons. The van der Waals surface area contributed by atoms with E-state index in [0.717, 1.165) is 23.5 Å². The molecule has 3 nitrogen and oxygen atoms in total. The highest BCUT2D eigenvalue weighted by atomic mass is 32.1. The third kappa shape index (κ3) is 32.6. The molecule has 0 unspecified atom stereocenters. The predicted octanol–water partition coefficient (Wildman–Crippen LogP) is 10.6. The molecule has 2 N–H and O–H groups in total. The maximum atomic E-state index is 10.8. The fourth-order valence-electron chi connectivity index (χ4n) is 4.66. The van der Waals surface area contributed by atoms with Crippen LogP contribution in [0, 0.1) is 0 Å². The summed E-state index contributed by atoms with van der Waals surface area (Å²) in [6, 6.07) is 0. The third-order valence-corrected chi connectivity index (χ3v) is 8.17. The summed E-state index contributed by atoms with van der Waals surface area (Å²) in [6.07, 6.45) is 34.2. The van der Waals surface area contributed by atoms with Crippen molar-refractivity contribution in [3.63, 3.8) is 0 Å². The van der Waals surface area contributed by atoms with E-state index in [1.807, 2.05) is 0 Å². The van der Waals surface area contributed by atoms with Gasteiger partial charge in [0.25, 0.3) is 0 Å². The Labute approximate surface area is 223 Å². The van der Waals surface area contributed by atoms with Crippen molar-refractivity contribution in [2.24, 2.45) is 0 Å². The second kappa shape index (κ2) is 26.6. The zero-order valence-electron chi connectivity index (χ0n) is 22.2. The van der Waals surface area contributed by atoms with Gasteiger partial charge in [0.1, 0.15) is 0 Å². The Kier molecular flexibility index (Phi) is 27.1. The number of unbranched alkanes of at least 4 members (excludes halogenated alkanes) is 24. The molecule has 0 aliphatic heterocycles. The van der Waals surface area contributed by atoms with E-state index < -0.39 is 7.60 Å². The Balaban J connectivity index is 3.05. The van der Waals surface area contributed by atoms with E-state index in [4.69, 9.17) is 22.0 Å². The van der Waals surface area contributed by atoms with Gasteiger partial charge in [-0.05, 0) is 19.3 Å². The van der Waals surface area contributed by atoms with Crippen LogP contribution in [0.4, 0.5) is 0 Å². The molecular weight excluding hydrogens is 479 g/mol. The largest absolute Gasteiger partial charge is 0.325 e. The quantitative estimate of drug-likeness (QED) is 0.0403. The number of hydrogen-bond donors (Lipinski definition) is 3. The van der Waals surface area contributed by atoms with Crippen LogP contribution in [0.2, 0.25) is 0 Å². The van der Waals surface area contributed by atoms with Gasteiger partial charge in [-0.25, -0.2) is 0 Å². The van der Waals surface area contributed by atoms with Crippen LogP contribution in [-0.2, 0) is 4.57 Å². The SMILES string of the molecule is O=P(O)(O)CCCCCCCCCCCCCCCCCCCCCCCCCCCC(=S)S. The van der Waals surface area contributed by atoms with Crippen molar-refractivity contribution in [2.45, 2.75) is 167 Å². The first-order chi connectivity index (χ1) is 16.4. The molecule has 0 aliphatic carbocycles. The summed E-state index contributed by atoms with van der Waals surface area (Å²) >= 11 is 9.17. The number of rotatable bonds is 28. The van der Waals surface area contributed by atoms with Gasteiger partial charge in [0.2, 0.25) is 0 Å². The van der Waals surface area contributed by atoms with Crippen LogP contribution in [0.25, 0.3) is 0 Å². The lowest BCUT2D eigenvalue weighted by molar-refractivity contribution is 0.370. The number of thiocarbonyl (C=S) groups is 1. The Morgan fingerprint density at radius 3 is 0.882 bits per heavy atom. The van der Waals surface area contributed by atoms with Gasteiger partial charge in [-0.15, -0.1) is 12.6 Å². The van der Waals surface area contributed by atoms with Gasteiger partial charge in [-0.2, -0.15) is 0 Å². The van der Waals surface area contributed by atoms with Gasteiger partial charge in [0.05, 0.1) is 0 Å². The highest BCUT2D eigenvalue weighted by molar-refractivity contribution is 8.11. The molecule has 0 spiro atoms. The summed E-state index contributed by atoms with van der Waals surface area (Å²) in [4.78, 5) is 17.6. The predicted molar refractivity (Wildman–Crippen MR) is 159 cm³/mol. The molecule has 0 aromatic heterocycles. The minimum absolute atomic E-state index is 0.0577. The van der Waals surface area contributed by atoms with Crippen LogP contribution in [0.3, 0.4) is 0 Å². The summed E-state index contributed by atoms with van der Waals surface area (Å²) in [5, 5.41) is 0. The van der Waals surface area contributed by atoms with Crippen LogP contribution in [0.5, 0.6) is 0 Å². The van der Waals surface area contributed by atoms with Gasteiger partial charge >= 0.3 is 7.60 Å². The molecule has 0 aromatic carbocycles. The monoisotopic (exact) mass is 536 g/mol. The van der Waals surface area contributed by atoms with Crippen molar-refractivity contribution in [3.8, 4) is 0 Å². The van der Waals surface area contributed by atoms with E-state index in [0.29, 0.717) is 6.42 Å². The smallest absolute Gasteiger partial charge is 0.324 e. The summed E-state index contributed by atoms with van der Waals surface area (Å²) in [5.74, 6) is 0. The minimum atomic E-state index is -3.77. The average Bonchev–Trinajstić information content (AvgIpc) is 2.77. The first kappa shape index (κ1) is 34.6.